The number of benzene rings is 1. The van der Waals surface area contributed by atoms with Crippen LogP contribution in [0.2, 0.25) is 0 Å². The Morgan fingerprint density at radius 1 is 1.27 bits per heavy atom. The Kier molecular flexibility index (Phi) is 5.37. The van der Waals surface area contributed by atoms with Crippen molar-refractivity contribution in [2.45, 2.75) is 26.2 Å². The largest absolute Gasteiger partial charge is 0.478 e. The van der Waals surface area contributed by atoms with E-state index in [0.717, 1.165) is 24.3 Å². The zero-order chi connectivity index (χ0) is 21.3. The first-order valence-corrected chi connectivity index (χ1v) is 10.2. The summed E-state index contributed by atoms with van der Waals surface area (Å²) in [5, 5.41) is 24.4. The highest BCUT2D eigenvalue weighted by Gasteiger charge is 2.35. The molecule has 9 heteroatoms. The van der Waals surface area contributed by atoms with E-state index in [9.17, 15) is 9.59 Å². The minimum absolute atomic E-state index is 0.0345. The number of thioether (sulfide) groups is 1. The number of carboxylic acids is 1. The smallest absolute Gasteiger partial charge is 0.335 e. The number of carbonyl (C=O) groups excluding carboxylic acids is 1. The van der Waals surface area contributed by atoms with Gasteiger partial charge in [-0.25, -0.2) is 4.79 Å². The number of hydrazone groups is 1. The van der Waals surface area contributed by atoms with Gasteiger partial charge in [0, 0.05) is 5.56 Å². The molecule has 1 aromatic carbocycles. The fourth-order valence-corrected chi connectivity index (χ4v) is 3.89. The lowest BCUT2D eigenvalue weighted by Gasteiger charge is -2.19. The average Bonchev–Trinajstić information content (AvgIpc) is 3.36. The number of aromatic carboxylic acids is 1. The van der Waals surface area contributed by atoms with Crippen molar-refractivity contribution in [3.63, 3.8) is 0 Å². The molecule has 0 fully saturated rings. The van der Waals surface area contributed by atoms with Crippen molar-refractivity contribution < 1.29 is 19.1 Å². The highest BCUT2D eigenvalue weighted by molar-refractivity contribution is 8.26. The summed E-state index contributed by atoms with van der Waals surface area (Å²) < 4.78 is 5.77. The van der Waals surface area contributed by atoms with Gasteiger partial charge < -0.3 is 9.52 Å². The third-order valence-corrected chi connectivity index (χ3v) is 5.54. The Morgan fingerprint density at radius 3 is 2.73 bits per heavy atom. The molecule has 2 aromatic rings. The molecule has 0 bridgehead atoms. The number of aliphatic imine (C=N–C) groups is 1. The number of rotatable bonds is 6. The molecule has 4 rings (SSSR count). The zero-order valence-electron chi connectivity index (χ0n) is 16.1. The maximum atomic E-state index is 12.5. The summed E-state index contributed by atoms with van der Waals surface area (Å²) >= 11 is 1.33. The quantitative estimate of drug-likeness (QED) is 0.664. The molecule has 0 saturated heterocycles. The van der Waals surface area contributed by atoms with Crippen molar-refractivity contribution in [2.24, 2.45) is 10.1 Å². The van der Waals surface area contributed by atoms with Crippen LogP contribution in [0.5, 0.6) is 0 Å². The van der Waals surface area contributed by atoms with Crippen molar-refractivity contribution >= 4 is 45.8 Å². The lowest BCUT2D eigenvalue weighted by atomic mass is 10.1. The van der Waals surface area contributed by atoms with Crippen LogP contribution in [0.1, 0.15) is 42.3 Å². The Morgan fingerprint density at radius 2 is 2.03 bits per heavy atom. The summed E-state index contributed by atoms with van der Waals surface area (Å²) in [6.45, 7) is 2.09. The number of hydrogen-bond donors (Lipinski definition) is 2. The summed E-state index contributed by atoms with van der Waals surface area (Å²) in [4.78, 5) is 27.5. The van der Waals surface area contributed by atoms with Gasteiger partial charge in [0.2, 0.25) is 5.17 Å². The van der Waals surface area contributed by atoms with Gasteiger partial charge in [-0.15, -0.1) is 0 Å². The van der Waals surface area contributed by atoms with Crippen LogP contribution < -0.4 is 0 Å². The molecular weight excluding hydrogens is 404 g/mol. The predicted octanol–water partition coefficient (Wildman–Crippen LogP) is 4.45. The first kappa shape index (κ1) is 19.8. The lowest BCUT2D eigenvalue weighted by molar-refractivity contribution is -0.114. The molecule has 3 heterocycles. The molecule has 2 aliphatic heterocycles. The Bertz CT molecular complexity index is 1130. The van der Waals surface area contributed by atoms with Crippen LogP contribution in [0.15, 0.2) is 56.5 Å². The van der Waals surface area contributed by atoms with Crippen molar-refractivity contribution in [2.75, 3.05) is 0 Å². The van der Waals surface area contributed by atoms with Crippen molar-refractivity contribution in [3.05, 3.63) is 53.3 Å². The maximum Gasteiger partial charge on any atom is 0.335 e. The SMILES string of the molecule is CCCCC1=NN2C(=N)/C(=C/c3ccc(-c4ccc(C(=O)O)cc4)o3)C(=O)N=C2S1. The van der Waals surface area contributed by atoms with Gasteiger partial charge in [-0.1, -0.05) is 25.5 Å². The summed E-state index contributed by atoms with van der Waals surface area (Å²) in [5.41, 5.74) is 0.989. The van der Waals surface area contributed by atoms with Crippen LogP contribution in [-0.4, -0.2) is 38.0 Å². The molecule has 0 radical (unpaired) electrons. The molecule has 2 N–H and O–H groups in total. The topological polar surface area (TPSA) is 119 Å². The van der Waals surface area contributed by atoms with Crippen LogP contribution in [0, 0.1) is 5.41 Å². The minimum Gasteiger partial charge on any atom is -0.478 e. The number of fused-ring (bicyclic) bond motifs is 1. The van der Waals surface area contributed by atoms with E-state index in [1.54, 1.807) is 24.3 Å². The summed E-state index contributed by atoms with van der Waals surface area (Å²) in [6.07, 6.45) is 4.29. The predicted molar refractivity (Wildman–Crippen MR) is 116 cm³/mol. The van der Waals surface area contributed by atoms with E-state index in [-0.39, 0.29) is 17.0 Å². The van der Waals surface area contributed by atoms with E-state index < -0.39 is 11.9 Å². The second-order valence-corrected chi connectivity index (χ2v) is 7.74. The normalized spacial score (nSPS) is 17.2. The van der Waals surface area contributed by atoms with Crippen molar-refractivity contribution in [1.82, 2.24) is 5.01 Å². The van der Waals surface area contributed by atoms with E-state index in [1.165, 1.54) is 35.0 Å². The van der Waals surface area contributed by atoms with Gasteiger partial charge in [-0.05, 0) is 54.9 Å². The van der Waals surface area contributed by atoms with E-state index in [0.29, 0.717) is 22.3 Å². The first-order chi connectivity index (χ1) is 14.5. The molecule has 1 aromatic heterocycles. The standard InChI is InChI=1S/C21H18N4O4S/c1-2-3-4-17-24-25-18(22)15(19(26)23-21(25)30-17)11-14-9-10-16(29-14)12-5-7-13(8-6-12)20(27)28/h5-11,22H,2-4H2,1H3,(H,27,28)/b15-11-,22-18?. The number of nitrogens with one attached hydrogen (secondary N) is 1. The van der Waals surface area contributed by atoms with E-state index in [1.807, 2.05) is 0 Å². The van der Waals surface area contributed by atoms with Crippen molar-refractivity contribution in [3.8, 4) is 11.3 Å². The highest BCUT2D eigenvalue weighted by Crippen LogP contribution is 2.31. The number of carbonyl (C=O) groups is 2. The fourth-order valence-electron chi connectivity index (χ4n) is 2.97. The molecule has 0 saturated carbocycles. The third-order valence-electron chi connectivity index (χ3n) is 4.57. The highest BCUT2D eigenvalue weighted by atomic mass is 32.2. The molecule has 1 amide bonds. The van der Waals surface area contributed by atoms with Crippen LogP contribution >= 0.6 is 11.8 Å². The Labute approximate surface area is 176 Å². The second-order valence-electron chi connectivity index (χ2n) is 6.70. The van der Waals surface area contributed by atoms with E-state index in [4.69, 9.17) is 14.9 Å². The zero-order valence-corrected chi connectivity index (χ0v) is 16.9. The molecule has 0 spiro atoms. The summed E-state index contributed by atoms with van der Waals surface area (Å²) in [5.74, 6) is -0.626. The van der Waals surface area contributed by atoms with Crippen LogP contribution in [0.25, 0.3) is 17.4 Å². The molecule has 0 aliphatic carbocycles. The van der Waals surface area contributed by atoms with Gasteiger partial charge in [-0.2, -0.15) is 15.1 Å². The Balaban J connectivity index is 1.57. The average molecular weight is 422 g/mol. The number of furan rings is 1. The van der Waals surface area contributed by atoms with Gasteiger partial charge in [0.25, 0.3) is 5.91 Å². The number of unbranched alkanes of at least 4 members (excludes halogenated alkanes) is 1. The maximum absolute atomic E-state index is 12.5. The van der Waals surface area contributed by atoms with Crippen molar-refractivity contribution in [1.29, 1.82) is 5.41 Å². The second kappa shape index (κ2) is 8.11. The van der Waals surface area contributed by atoms with Crippen LogP contribution in [0.3, 0.4) is 0 Å². The third kappa shape index (κ3) is 3.84. The molecule has 152 valence electrons. The number of amidine groups is 2. The van der Waals surface area contributed by atoms with Gasteiger partial charge in [0.15, 0.2) is 5.84 Å². The number of amides is 1. The minimum atomic E-state index is -0.999. The van der Waals surface area contributed by atoms with Crippen LogP contribution in [-0.2, 0) is 4.79 Å². The van der Waals surface area contributed by atoms with Gasteiger partial charge >= 0.3 is 5.97 Å². The Hall–Kier alpha value is -3.46. The molecular formula is C21H18N4O4S. The molecule has 8 nitrogen and oxygen atoms in total. The molecule has 0 unspecified atom stereocenters. The number of hydrogen-bond acceptors (Lipinski definition) is 6. The number of nitrogens with zero attached hydrogens (tertiary/aromatic N) is 3. The first-order valence-electron chi connectivity index (χ1n) is 9.39. The molecule has 2 aliphatic rings. The van der Waals surface area contributed by atoms with Gasteiger partial charge in [-0.3, -0.25) is 10.2 Å². The van der Waals surface area contributed by atoms with Crippen LogP contribution in [0.4, 0.5) is 0 Å². The van der Waals surface area contributed by atoms with Gasteiger partial charge in [0.1, 0.15) is 16.6 Å². The van der Waals surface area contributed by atoms with E-state index >= 15 is 0 Å². The molecule has 30 heavy (non-hydrogen) atoms. The number of carboxylic acid groups (broad SMARTS) is 1. The summed E-state index contributed by atoms with van der Waals surface area (Å²) in [6, 6.07) is 9.69. The molecule has 0 atom stereocenters. The fraction of sp³-hybridized carbons (Fsp3) is 0.190. The van der Waals surface area contributed by atoms with Gasteiger partial charge in [0.05, 0.1) is 11.1 Å². The van der Waals surface area contributed by atoms with E-state index in [2.05, 4.69) is 17.0 Å². The lowest BCUT2D eigenvalue weighted by Crippen LogP contribution is -2.35. The summed E-state index contributed by atoms with van der Waals surface area (Å²) in [7, 11) is 0. The monoisotopic (exact) mass is 422 g/mol.